The first-order chi connectivity index (χ1) is 12.3. The fraction of sp³-hybridized carbons (Fsp3) is 0.278. The molecule has 1 unspecified atom stereocenters. The quantitative estimate of drug-likeness (QED) is 0.786. The lowest BCUT2D eigenvalue weighted by Crippen LogP contribution is -2.36. The largest absolute Gasteiger partial charge is 0.497 e. The van der Waals surface area contributed by atoms with Gasteiger partial charge in [0.2, 0.25) is 0 Å². The number of imidazole rings is 1. The standard InChI is InChI=1S/C18H18N4O3/c1-24-13-5-6-14-16(8-13)22-12(10-25-11-17(22)21-14)9-20-18(23)15-4-2-3-7-19-15/h2-8,12H,9-11H2,1H3,(H,20,23). The van der Waals surface area contributed by atoms with Gasteiger partial charge in [0.25, 0.3) is 5.91 Å². The van der Waals surface area contributed by atoms with Gasteiger partial charge in [-0.05, 0) is 24.3 Å². The van der Waals surface area contributed by atoms with E-state index in [2.05, 4.69) is 19.9 Å². The molecule has 0 bridgehead atoms. The molecule has 128 valence electrons. The highest BCUT2D eigenvalue weighted by molar-refractivity contribution is 5.92. The van der Waals surface area contributed by atoms with Crippen LogP contribution in [0.2, 0.25) is 0 Å². The van der Waals surface area contributed by atoms with E-state index in [1.807, 2.05) is 18.2 Å². The molecule has 3 heterocycles. The molecule has 0 aliphatic carbocycles. The number of nitrogens with zero attached hydrogens (tertiary/aromatic N) is 3. The van der Waals surface area contributed by atoms with E-state index < -0.39 is 0 Å². The summed E-state index contributed by atoms with van der Waals surface area (Å²) in [6, 6.07) is 11.0. The zero-order valence-electron chi connectivity index (χ0n) is 13.8. The molecule has 0 saturated carbocycles. The first-order valence-electron chi connectivity index (χ1n) is 8.08. The number of carbonyl (C=O) groups excluding carboxylic acids is 1. The summed E-state index contributed by atoms with van der Waals surface area (Å²) in [5.74, 6) is 1.43. The molecule has 1 aliphatic rings. The topological polar surface area (TPSA) is 78.3 Å². The van der Waals surface area contributed by atoms with E-state index in [0.717, 1.165) is 22.6 Å². The molecule has 1 N–H and O–H groups in total. The summed E-state index contributed by atoms with van der Waals surface area (Å²) in [5.41, 5.74) is 2.27. The number of ether oxygens (including phenoxy) is 2. The third-order valence-corrected chi connectivity index (χ3v) is 4.27. The minimum absolute atomic E-state index is 0.0338. The van der Waals surface area contributed by atoms with E-state index in [-0.39, 0.29) is 11.9 Å². The Morgan fingerprint density at radius 1 is 1.40 bits per heavy atom. The van der Waals surface area contributed by atoms with Gasteiger partial charge in [-0.2, -0.15) is 0 Å². The molecule has 0 radical (unpaired) electrons. The molecular weight excluding hydrogens is 320 g/mol. The lowest BCUT2D eigenvalue weighted by molar-refractivity contribution is 0.0552. The summed E-state index contributed by atoms with van der Waals surface area (Å²) in [6.45, 7) is 1.41. The maximum Gasteiger partial charge on any atom is 0.269 e. The Balaban J connectivity index is 1.59. The number of pyridine rings is 1. The number of fused-ring (bicyclic) bond motifs is 3. The molecule has 1 amide bonds. The smallest absolute Gasteiger partial charge is 0.269 e. The van der Waals surface area contributed by atoms with Crippen molar-refractivity contribution < 1.29 is 14.3 Å². The van der Waals surface area contributed by atoms with Crippen molar-refractivity contribution in [2.45, 2.75) is 12.6 Å². The first-order valence-corrected chi connectivity index (χ1v) is 8.08. The van der Waals surface area contributed by atoms with Gasteiger partial charge >= 0.3 is 0 Å². The minimum Gasteiger partial charge on any atom is -0.497 e. The fourth-order valence-electron chi connectivity index (χ4n) is 3.07. The Morgan fingerprint density at radius 2 is 2.32 bits per heavy atom. The van der Waals surface area contributed by atoms with Crippen molar-refractivity contribution in [2.24, 2.45) is 0 Å². The Labute approximate surface area is 144 Å². The molecule has 7 nitrogen and oxygen atoms in total. The van der Waals surface area contributed by atoms with Crippen LogP contribution in [0.5, 0.6) is 5.75 Å². The van der Waals surface area contributed by atoms with Gasteiger partial charge in [-0.1, -0.05) is 6.07 Å². The van der Waals surface area contributed by atoms with Crippen LogP contribution in [0.3, 0.4) is 0 Å². The molecule has 25 heavy (non-hydrogen) atoms. The Morgan fingerprint density at radius 3 is 3.12 bits per heavy atom. The maximum absolute atomic E-state index is 12.2. The Hall–Kier alpha value is -2.93. The maximum atomic E-state index is 12.2. The second kappa shape index (κ2) is 6.52. The number of hydrogen-bond acceptors (Lipinski definition) is 5. The summed E-state index contributed by atoms with van der Waals surface area (Å²) in [4.78, 5) is 20.9. The van der Waals surface area contributed by atoms with Crippen LogP contribution in [0.15, 0.2) is 42.6 Å². The summed E-state index contributed by atoms with van der Waals surface area (Å²) in [5, 5.41) is 2.93. The number of amides is 1. The van der Waals surface area contributed by atoms with Crippen molar-refractivity contribution in [3.63, 3.8) is 0 Å². The molecule has 4 rings (SSSR count). The van der Waals surface area contributed by atoms with Gasteiger partial charge in [0.15, 0.2) is 0 Å². The molecule has 0 fully saturated rings. The first kappa shape index (κ1) is 15.6. The van der Waals surface area contributed by atoms with Gasteiger partial charge in [-0.25, -0.2) is 4.98 Å². The molecule has 0 saturated heterocycles. The predicted octanol–water partition coefficient (Wildman–Crippen LogP) is 1.94. The third-order valence-electron chi connectivity index (χ3n) is 4.27. The summed E-state index contributed by atoms with van der Waals surface area (Å²) in [6.07, 6.45) is 1.60. The fourth-order valence-corrected chi connectivity index (χ4v) is 3.07. The normalized spacial score (nSPS) is 16.4. The van der Waals surface area contributed by atoms with Crippen LogP contribution >= 0.6 is 0 Å². The zero-order valence-corrected chi connectivity index (χ0v) is 13.8. The third kappa shape index (κ3) is 2.94. The Kier molecular flexibility index (Phi) is 4.07. The summed E-state index contributed by atoms with van der Waals surface area (Å²) in [7, 11) is 1.64. The molecule has 7 heteroatoms. The molecule has 2 aromatic heterocycles. The second-order valence-electron chi connectivity index (χ2n) is 5.85. The van der Waals surface area contributed by atoms with Crippen LogP contribution in [0, 0.1) is 0 Å². The van der Waals surface area contributed by atoms with E-state index >= 15 is 0 Å². The van der Waals surface area contributed by atoms with Gasteiger partial charge in [0, 0.05) is 18.8 Å². The van der Waals surface area contributed by atoms with Crippen LogP contribution < -0.4 is 10.1 Å². The van der Waals surface area contributed by atoms with Crippen LogP contribution in [0.1, 0.15) is 22.4 Å². The van der Waals surface area contributed by atoms with Crippen molar-refractivity contribution in [1.82, 2.24) is 19.9 Å². The van der Waals surface area contributed by atoms with Gasteiger partial charge in [0.05, 0.1) is 30.8 Å². The van der Waals surface area contributed by atoms with E-state index in [1.165, 1.54) is 0 Å². The van der Waals surface area contributed by atoms with Crippen LogP contribution in [-0.2, 0) is 11.3 Å². The predicted molar refractivity (Wildman–Crippen MR) is 91.5 cm³/mol. The van der Waals surface area contributed by atoms with Gasteiger partial charge in [-0.3, -0.25) is 9.78 Å². The molecule has 1 aromatic carbocycles. The highest BCUT2D eigenvalue weighted by atomic mass is 16.5. The molecule has 1 aliphatic heterocycles. The highest BCUT2D eigenvalue weighted by Gasteiger charge is 2.25. The second-order valence-corrected chi connectivity index (χ2v) is 5.85. The van der Waals surface area contributed by atoms with E-state index in [0.29, 0.717) is 25.5 Å². The molecule has 3 aromatic rings. The van der Waals surface area contributed by atoms with Crippen molar-refractivity contribution in [1.29, 1.82) is 0 Å². The van der Waals surface area contributed by atoms with Gasteiger partial charge in [0.1, 0.15) is 23.9 Å². The average Bonchev–Trinajstić information content (AvgIpc) is 3.05. The van der Waals surface area contributed by atoms with Crippen LogP contribution in [-0.4, -0.2) is 40.7 Å². The number of nitrogens with one attached hydrogen (secondary N) is 1. The number of hydrogen-bond donors (Lipinski definition) is 1. The number of carbonyl (C=O) groups is 1. The number of methoxy groups -OCH3 is 1. The summed E-state index contributed by atoms with van der Waals surface area (Å²) < 4.78 is 13.1. The molecule has 1 atom stereocenters. The lowest BCUT2D eigenvalue weighted by Gasteiger charge is -2.26. The minimum atomic E-state index is -0.199. The van der Waals surface area contributed by atoms with E-state index in [4.69, 9.17) is 9.47 Å². The molecule has 0 spiro atoms. The van der Waals surface area contributed by atoms with Crippen molar-refractivity contribution in [3.05, 3.63) is 54.1 Å². The lowest BCUT2D eigenvalue weighted by atomic mass is 10.2. The number of rotatable bonds is 4. The van der Waals surface area contributed by atoms with Gasteiger partial charge in [-0.15, -0.1) is 0 Å². The Bertz CT molecular complexity index is 907. The van der Waals surface area contributed by atoms with Gasteiger partial charge < -0.3 is 19.4 Å². The van der Waals surface area contributed by atoms with Crippen molar-refractivity contribution >= 4 is 16.9 Å². The number of benzene rings is 1. The summed E-state index contributed by atoms with van der Waals surface area (Å²) >= 11 is 0. The molecular formula is C18H18N4O3. The van der Waals surface area contributed by atoms with Crippen molar-refractivity contribution in [3.8, 4) is 5.75 Å². The zero-order chi connectivity index (χ0) is 17.2. The van der Waals surface area contributed by atoms with Crippen LogP contribution in [0.4, 0.5) is 0 Å². The highest BCUT2D eigenvalue weighted by Crippen LogP contribution is 2.28. The SMILES string of the molecule is COc1ccc2nc3n(c2c1)C(CNC(=O)c1ccccn1)COC3. The van der Waals surface area contributed by atoms with E-state index in [9.17, 15) is 4.79 Å². The van der Waals surface area contributed by atoms with Crippen molar-refractivity contribution in [2.75, 3.05) is 20.3 Å². The number of aromatic nitrogens is 3. The van der Waals surface area contributed by atoms with E-state index in [1.54, 1.807) is 31.5 Å². The van der Waals surface area contributed by atoms with Crippen LogP contribution in [0.25, 0.3) is 11.0 Å². The average molecular weight is 338 g/mol. The monoisotopic (exact) mass is 338 g/mol.